The molecule has 0 unspecified atom stereocenters. The van der Waals surface area contributed by atoms with Gasteiger partial charge in [0.05, 0.1) is 5.02 Å². The first-order valence-corrected chi connectivity index (χ1v) is 4.26. The van der Waals surface area contributed by atoms with Crippen LogP contribution in [0, 0.1) is 5.41 Å². The van der Waals surface area contributed by atoms with Gasteiger partial charge in [-0.15, -0.1) is 12.4 Å². The van der Waals surface area contributed by atoms with Crippen molar-refractivity contribution in [2.45, 2.75) is 0 Å². The molecule has 6 heteroatoms. The number of nitrogens with one attached hydrogen (secondary N) is 1. The van der Waals surface area contributed by atoms with Gasteiger partial charge in [-0.25, -0.2) is 0 Å². The van der Waals surface area contributed by atoms with E-state index in [1.54, 1.807) is 18.2 Å². The van der Waals surface area contributed by atoms with E-state index in [1.165, 1.54) is 0 Å². The first kappa shape index (κ1) is 13.4. The summed E-state index contributed by atoms with van der Waals surface area (Å²) in [6, 6.07) is 4.86. The Balaban J connectivity index is 0.00000169. The molecule has 3 nitrogen and oxygen atoms in total. The lowest BCUT2D eigenvalue weighted by molar-refractivity contribution is 0.374. The van der Waals surface area contributed by atoms with Gasteiger partial charge in [-0.1, -0.05) is 23.2 Å². The van der Waals surface area contributed by atoms with Gasteiger partial charge in [-0.3, -0.25) is 5.41 Å². The van der Waals surface area contributed by atoms with E-state index in [9.17, 15) is 0 Å². The number of benzene rings is 1. The number of hydrogen-bond donors (Lipinski definition) is 2. The van der Waals surface area contributed by atoms with Crippen molar-refractivity contribution in [3.8, 4) is 5.75 Å². The quantitative estimate of drug-likeness (QED) is 0.644. The van der Waals surface area contributed by atoms with Crippen LogP contribution in [0.5, 0.6) is 5.75 Å². The van der Waals surface area contributed by atoms with Crippen molar-refractivity contribution in [2.75, 3.05) is 6.61 Å². The van der Waals surface area contributed by atoms with Crippen molar-refractivity contribution in [2.24, 2.45) is 5.73 Å². The van der Waals surface area contributed by atoms with Crippen LogP contribution in [0.2, 0.25) is 10.0 Å². The molecule has 0 saturated heterocycles. The van der Waals surface area contributed by atoms with Gasteiger partial charge < -0.3 is 10.5 Å². The second kappa shape index (κ2) is 5.96. The zero-order valence-electron chi connectivity index (χ0n) is 7.09. The highest BCUT2D eigenvalue weighted by atomic mass is 35.5. The lowest BCUT2D eigenvalue weighted by Gasteiger charge is -2.06. The number of hydrogen-bond acceptors (Lipinski definition) is 2. The Morgan fingerprint density at radius 1 is 1.43 bits per heavy atom. The molecule has 0 spiro atoms. The Morgan fingerprint density at radius 2 is 2.07 bits per heavy atom. The summed E-state index contributed by atoms with van der Waals surface area (Å²) >= 11 is 11.5. The molecule has 0 aliphatic rings. The molecule has 0 saturated carbocycles. The fraction of sp³-hybridized carbons (Fsp3) is 0.125. The maximum absolute atomic E-state index is 6.94. The summed E-state index contributed by atoms with van der Waals surface area (Å²) in [7, 11) is 0. The van der Waals surface area contributed by atoms with E-state index in [0.29, 0.717) is 15.8 Å². The number of ether oxygens (including phenoxy) is 1. The predicted octanol–water partition coefficient (Wildman–Crippen LogP) is 2.73. The number of nitrogens with two attached hydrogens (primary N) is 1. The van der Waals surface area contributed by atoms with Crippen LogP contribution in [0.1, 0.15) is 0 Å². The molecule has 0 aliphatic carbocycles. The Labute approximate surface area is 98.1 Å². The zero-order chi connectivity index (χ0) is 9.84. The number of amidine groups is 1. The molecular weight excluding hydrogens is 246 g/mol. The van der Waals surface area contributed by atoms with Crippen LogP contribution in [0.4, 0.5) is 0 Å². The lowest BCUT2D eigenvalue weighted by atomic mass is 10.3. The minimum Gasteiger partial charge on any atom is -0.484 e. The summed E-state index contributed by atoms with van der Waals surface area (Å²) in [6.45, 7) is 0.0291. The third-order valence-corrected chi connectivity index (χ3v) is 1.81. The van der Waals surface area contributed by atoms with E-state index in [-0.39, 0.29) is 24.8 Å². The molecule has 0 atom stereocenters. The van der Waals surface area contributed by atoms with Gasteiger partial charge in [-0.05, 0) is 18.2 Å². The van der Waals surface area contributed by atoms with Crippen molar-refractivity contribution in [1.29, 1.82) is 5.41 Å². The van der Waals surface area contributed by atoms with E-state index in [0.717, 1.165) is 0 Å². The van der Waals surface area contributed by atoms with Crippen molar-refractivity contribution >= 4 is 41.4 Å². The van der Waals surface area contributed by atoms with Crippen molar-refractivity contribution in [3.05, 3.63) is 28.2 Å². The van der Waals surface area contributed by atoms with Gasteiger partial charge in [0, 0.05) is 5.02 Å². The van der Waals surface area contributed by atoms with Crippen LogP contribution in [0.15, 0.2) is 18.2 Å². The molecule has 1 aromatic rings. The summed E-state index contributed by atoms with van der Waals surface area (Å²) in [4.78, 5) is 0. The maximum Gasteiger partial charge on any atom is 0.145 e. The van der Waals surface area contributed by atoms with Gasteiger partial charge >= 0.3 is 0 Å². The average molecular weight is 256 g/mol. The second-order valence-electron chi connectivity index (χ2n) is 2.39. The molecule has 0 amide bonds. The molecule has 3 N–H and O–H groups in total. The largest absolute Gasteiger partial charge is 0.484 e. The van der Waals surface area contributed by atoms with Crippen molar-refractivity contribution in [1.82, 2.24) is 0 Å². The minimum atomic E-state index is -0.0500. The molecule has 0 bridgehead atoms. The number of rotatable bonds is 3. The van der Waals surface area contributed by atoms with Gasteiger partial charge in [0.2, 0.25) is 0 Å². The highest BCUT2D eigenvalue weighted by Gasteiger charge is 2.02. The fourth-order valence-corrected chi connectivity index (χ4v) is 1.21. The normalized spacial score (nSPS) is 9.00. The summed E-state index contributed by atoms with van der Waals surface area (Å²) in [5.74, 6) is 0.423. The number of halogens is 3. The molecule has 0 aliphatic heterocycles. The third-order valence-electron chi connectivity index (χ3n) is 1.28. The summed E-state index contributed by atoms with van der Waals surface area (Å²) in [6.07, 6.45) is 0. The van der Waals surface area contributed by atoms with Gasteiger partial charge in [0.25, 0.3) is 0 Å². The molecule has 0 radical (unpaired) electrons. The smallest absolute Gasteiger partial charge is 0.145 e. The second-order valence-corrected chi connectivity index (χ2v) is 3.23. The van der Waals surface area contributed by atoms with E-state index in [4.69, 9.17) is 39.1 Å². The Bertz CT molecular complexity index is 330. The lowest BCUT2D eigenvalue weighted by Crippen LogP contribution is -2.19. The van der Waals surface area contributed by atoms with Crippen LogP contribution in [-0.4, -0.2) is 12.4 Å². The Morgan fingerprint density at radius 3 is 2.57 bits per heavy atom. The van der Waals surface area contributed by atoms with Crippen LogP contribution in [-0.2, 0) is 0 Å². The van der Waals surface area contributed by atoms with Crippen LogP contribution in [0.25, 0.3) is 0 Å². The van der Waals surface area contributed by atoms with Gasteiger partial charge in [0.15, 0.2) is 0 Å². The van der Waals surface area contributed by atoms with Crippen LogP contribution in [0.3, 0.4) is 0 Å². The first-order chi connectivity index (χ1) is 6.09. The summed E-state index contributed by atoms with van der Waals surface area (Å²) in [5.41, 5.74) is 5.11. The minimum absolute atomic E-state index is 0. The highest BCUT2D eigenvalue weighted by Crippen LogP contribution is 2.27. The van der Waals surface area contributed by atoms with Crippen molar-refractivity contribution < 1.29 is 4.74 Å². The van der Waals surface area contributed by atoms with E-state index in [1.807, 2.05) is 0 Å². The van der Waals surface area contributed by atoms with E-state index < -0.39 is 0 Å². The maximum atomic E-state index is 6.94. The Hall–Kier alpha value is -0.640. The monoisotopic (exact) mass is 254 g/mol. The first-order valence-electron chi connectivity index (χ1n) is 3.50. The van der Waals surface area contributed by atoms with Gasteiger partial charge in [-0.2, -0.15) is 0 Å². The van der Waals surface area contributed by atoms with Crippen LogP contribution < -0.4 is 10.5 Å². The van der Waals surface area contributed by atoms with Gasteiger partial charge in [0.1, 0.15) is 18.2 Å². The summed E-state index contributed by atoms with van der Waals surface area (Å²) in [5, 5.41) is 7.89. The topological polar surface area (TPSA) is 59.1 Å². The third kappa shape index (κ3) is 4.05. The Kier molecular flexibility index (Phi) is 5.69. The van der Waals surface area contributed by atoms with Crippen molar-refractivity contribution in [3.63, 3.8) is 0 Å². The van der Waals surface area contributed by atoms with Crippen LogP contribution >= 0.6 is 35.6 Å². The molecule has 0 aromatic heterocycles. The molecular formula is C8H9Cl3N2O. The predicted molar refractivity (Wildman–Crippen MR) is 61.1 cm³/mol. The van der Waals surface area contributed by atoms with E-state index in [2.05, 4.69) is 0 Å². The van der Waals surface area contributed by atoms with E-state index >= 15 is 0 Å². The molecule has 78 valence electrons. The zero-order valence-corrected chi connectivity index (χ0v) is 9.42. The fourth-order valence-electron chi connectivity index (χ4n) is 0.748. The molecule has 0 fully saturated rings. The molecule has 14 heavy (non-hydrogen) atoms. The summed E-state index contributed by atoms with van der Waals surface area (Å²) < 4.78 is 5.11. The molecule has 1 rings (SSSR count). The molecule has 1 aromatic carbocycles. The highest BCUT2D eigenvalue weighted by molar-refractivity contribution is 6.35. The standard InChI is InChI=1S/C8H8Cl2N2O.ClH/c9-5-1-2-7(6(10)3-5)13-4-8(11)12;/h1-3H,4H2,(H3,11,12);1H. The molecule has 0 heterocycles. The SMILES string of the molecule is Cl.N=C(N)COc1ccc(Cl)cc1Cl. The average Bonchev–Trinajstić information content (AvgIpc) is 2.02.